The summed E-state index contributed by atoms with van der Waals surface area (Å²) in [7, 11) is 3.58. The van der Waals surface area contributed by atoms with Crippen molar-refractivity contribution in [1.29, 1.82) is 0 Å². The summed E-state index contributed by atoms with van der Waals surface area (Å²) in [5.74, 6) is 3.24. The smallest absolute Gasteiger partial charge is 0.191 e. The van der Waals surface area contributed by atoms with Crippen LogP contribution in [0.15, 0.2) is 53.5 Å². The molecule has 0 spiro atoms. The lowest BCUT2D eigenvalue weighted by Crippen LogP contribution is -2.51. The van der Waals surface area contributed by atoms with E-state index in [1.165, 1.54) is 5.56 Å². The van der Waals surface area contributed by atoms with E-state index < -0.39 is 0 Å². The average Bonchev–Trinajstić information content (AvgIpc) is 2.81. The highest BCUT2D eigenvalue weighted by Crippen LogP contribution is 2.33. The van der Waals surface area contributed by atoms with Crippen LogP contribution in [0, 0.1) is 0 Å². The zero-order valence-electron chi connectivity index (χ0n) is 18.3. The Bertz CT molecular complexity index is 876. The molecule has 31 heavy (non-hydrogen) atoms. The number of halogens is 1. The van der Waals surface area contributed by atoms with Crippen molar-refractivity contribution in [3.8, 4) is 11.5 Å². The Balaban J connectivity index is 0.00000272. The van der Waals surface area contributed by atoms with Crippen LogP contribution >= 0.6 is 24.0 Å². The largest absolute Gasteiger partial charge is 0.495 e. The molecule has 0 amide bonds. The third-order valence-electron chi connectivity index (χ3n) is 6.01. The van der Waals surface area contributed by atoms with Crippen molar-refractivity contribution in [2.75, 3.05) is 45.3 Å². The van der Waals surface area contributed by atoms with Crippen molar-refractivity contribution in [2.45, 2.75) is 31.2 Å². The number of anilines is 1. The van der Waals surface area contributed by atoms with Gasteiger partial charge in [-0.1, -0.05) is 30.3 Å². The zero-order chi connectivity index (χ0) is 20.8. The van der Waals surface area contributed by atoms with Gasteiger partial charge in [0.05, 0.1) is 19.4 Å². The monoisotopic (exact) mass is 536 g/mol. The first-order valence-corrected chi connectivity index (χ1v) is 10.9. The van der Waals surface area contributed by atoms with Crippen LogP contribution in [0.4, 0.5) is 5.69 Å². The van der Waals surface area contributed by atoms with Crippen LogP contribution < -0.4 is 25.0 Å². The van der Waals surface area contributed by atoms with Crippen LogP contribution in [0.1, 0.15) is 30.7 Å². The summed E-state index contributed by atoms with van der Waals surface area (Å²) in [4.78, 5) is 6.88. The van der Waals surface area contributed by atoms with E-state index in [1.807, 2.05) is 25.2 Å². The van der Waals surface area contributed by atoms with Crippen molar-refractivity contribution < 1.29 is 9.47 Å². The van der Waals surface area contributed by atoms with Crippen molar-refractivity contribution >= 4 is 35.6 Å². The summed E-state index contributed by atoms with van der Waals surface area (Å²) in [5, 5.41) is 7.18. The molecule has 0 bridgehead atoms. The molecule has 1 saturated heterocycles. The van der Waals surface area contributed by atoms with Crippen LogP contribution in [0.3, 0.4) is 0 Å². The summed E-state index contributed by atoms with van der Waals surface area (Å²) >= 11 is 0. The Morgan fingerprint density at radius 3 is 2.81 bits per heavy atom. The molecule has 2 aliphatic rings. The summed E-state index contributed by atoms with van der Waals surface area (Å²) in [6.07, 6.45) is 3.29. The number of methoxy groups -OCH3 is 1. The lowest BCUT2D eigenvalue weighted by Gasteiger charge is -2.36. The third kappa shape index (κ3) is 5.75. The third-order valence-corrected chi connectivity index (χ3v) is 6.01. The highest BCUT2D eigenvalue weighted by atomic mass is 127. The molecule has 0 aromatic heterocycles. The summed E-state index contributed by atoms with van der Waals surface area (Å²) in [5.41, 5.74) is 2.44. The Labute approximate surface area is 202 Å². The molecule has 7 heteroatoms. The second kappa shape index (κ2) is 11.5. The molecule has 2 aromatic rings. The van der Waals surface area contributed by atoms with E-state index in [4.69, 9.17) is 9.47 Å². The molecule has 2 aromatic carbocycles. The number of rotatable bonds is 5. The number of hydrogen-bond acceptors (Lipinski definition) is 4. The van der Waals surface area contributed by atoms with Gasteiger partial charge in [-0.05, 0) is 43.0 Å². The van der Waals surface area contributed by atoms with E-state index in [0.29, 0.717) is 12.0 Å². The molecule has 0 saturated carbocycles. The number of benzene rings is 2. The van der Waals surface area contributed by atoms with E-state index in [-0.39, 0.29) is 24.0 Å². The van der Waals surface area contributed by atoms with E-state index in [2.05, 4.69) is 50.9 Å². The van der Waals surface area contributed by atoms with Crippen molar-refractivity contribution in [3.05, 3.63) is 54.1 Å². The van der Waals surface area contributed by atoms with Gasteiger partial charge in [-0.15, -0.1) is 24.0 Å². The first-order valence-electron chi connectivity index (χ1n) is 10.9. The van der Waals surface area contributed by atoms with Gasteiger partial charge in [-0.25, -0.2) is 0 Å². The van der Waals surface area contributed by atoms with E-state index in [0.717, 1.165) is 68.6 Å². The molecule has 6 nitrogen and oxygen atoms in total. The van der Waals surface area contributed by atoms with Gasteiger partial charge in [-0.3, -0.25) is 4.99 Å². The molecule has 1 fully saturated rings. The van der Waals surface area contributed by atoms with Gasteiger partial charge in [0.25, 0.3) is 0 Å². The topological polar surface area (TPSA) is 58.1 Å². The molecular formula is C24H33IN4O2. The van der Waals surface area contributed by atoms with E-state index in [1.54, 1.807) is 7.11 Å². The summed E-state index contributed by atoms with van der Waals surface area (Å²) in [6, 6.07) is 16.9. The van der Waals surface area contributed by atoms with Crippen molar-refractivity contribution in [3.63, 3.8) is 0 Å². The van der Waals surface area contributed by atoms with Gasteiger partial charge in [0.1, 0.15) is 11.5 Å². The fourth-order valence-electron chi connectivity index (χ4n) is 4.44. The number of nitrogens with one attached hydrogen (secondary N) is 2. The average molecular weight is 536 g/mol. The Hall–Kier alpha value is -2.16. The van der Waals surface area contributed by atoms with Crippen LogP contribution in [0.2, 0.25) is 0 Å². The van der Waals surface area contributed by atoms with E-state index in [9.17, 15) is 0 Å². The fourth-order valence-corrected chi connectivity index (χ4v) is 4.44. The maximum absolute atomic E-state index is 5.79. The highest BCUT2D eigenvalue weighted by molar-refractivity contribution is 14.0. The number of piperidine rings is 1. The van der Waals surface area contributed by atoms with Gasteiger partial charge < -0.3 is 25.0 Å². The van der Waals surface area contributed by atoms with Gasteiger partial charge in [-0.2, -0.15) is 0 Å². The highest BCUT2D eigenvalue weighted by Gasteiger charge is 2.24. The fraction of sp³-hybridized carbons (Fsp3) is 0.458. The predicted molar refractivity (Wildman–Crippen MR) is 137 cm³/mol. The SMILES string of the molecule is CN=C(NCC1CCOc2ccccc21)NC1CCCN(c2ccccc2OC)C1.I. The van der Waals surface area contributed by atoms with Gasteiger partial charge in [0, 0.05) is 38.6 Å². The molecule has 2 heterocycles. The minimum Gasteiger partial charge on any atom is -0.495 e. The minimum absolute atomic E-state index is 0. The maximum atomic E-state index is 5.79. The predicted octanol–water partition coefficient (Wildman–Crippen LogP) is 4.01. The number of para-hydroxylation sites is 3. The second-order valence-corrected chi connectivity index (χ2v) is 7.93. The van der Waals surface area contributed by atoms with Gasteiger partial charge in [0.2, 0.25) is 0 Å². The Kier molecular flexibility index (Phi) is 8.69. The molecule has 2 N–H and O–H groups in total. The molecule has 0 aliphatic carbocycles. The molecule has 0 radical (unpaired) electrons. The Morgan fingerprint density at radius 1 is 1.16 bits per heavy atom. The molecule has 168 valence electrons. The minimum atomic E-state index is 0. The summed E-state index contributed by atoms with van der Waals surface area (Å²) < 4.78 is 11.4. The standard InChI is InChI=1S/C24H32N4O2.HI/c1-25-24(26-16-18-13-15-30-22-11-5-3-9-20(18)22)27-19-8-7-14-28(17-19)21-10-4-6-12-23(21)29-2;/h3-6,9-12,18-19H,7-8,13-17H2,1-2H3,(H2,25,26,27);1H. The number of aliphatic imine (C=N–C) groups is 1. The first-order chi connectivity index (χ1) is 14.8. The van der Waals surface area contributed by atoms with Gasteiger partial charge in [0.15, 0.2) is 5.96 Å². The van der Waals surface area contributed by atoms with Gasteiger partial charge >= 0.3 is 0 Å². The van der Waals surface area contributed by atoms with Crippen LogP contribution in [0.25, 0.3) is 0 Å². The van der Waals surface area contributed by atoms with Crippen LogP contribution in [0.5, 0.6) is 11.5 Å². The molecule has 4 rings (SSSR count). The van der Waals surface area contributed by atoms with Crippen LogP contribution in [-0.2, 0) is 0 Å². The quantitative estimate of drug-likeness (QED) is 0.344. The maximum Gasteiger partial charge on any atom is 0.191 e. The molecular weight excluding hydrogens is 503 g/mol. The van der Waals surface area contributed by atoms with Crippen molar-refractivity contribution in [2.24, 2.45) is 4.99 Å². The number of hydrogen-bond donors (Lipinski definition) is 2. The van der Waals surface area contributed by atoms with E-state index >= 15 is 0 Å². The van der Waals surface area contributed by atoms with Crippen LogP contribution in [-0.4, -0.2) is 52.4 Å². The summed E-state index contributed by atoms with van der Waals surface area (Å²) in [6.45, 7) is 3.60. The normalized spacial score (nSPS) is 20.7. The zero-order valence-corrected chi connectivity index (χ0v) is 20.7. The molecule has 2 unspecified atom stereocenters. The Morgan fingerprint density at radius 2 is 1.97 bits per heavy atom. The molecule has 2 aliphatic heterocycles. The lowest BCUT2D eigenvalue weighted by atomic mass is 9.93. The van der Waals surface area contributed by atoms with Crippen molar-refractivity contribution in [1.82, 2.24) is 10.6 Å². The number of guanidine groups is 1. The molecule has 2 atom stereocenters. The first kappa shape index (κ1) is 23.5. The second-order valence-electron chi connectivity index (χ2n) is 7.93. The number of ether oxygens (including phenoxy) is 2. The lowest BCUT2D eigenvalue weighted by molar-refractivity contribution is 0.267. The number of fused-ring (bicyclic) bond motifs is 1. The number of nitrogens with zero attached hydrogens (tertiary/aromatic N) is 2.